The summed E-state index contributed by atoms with van der Waals surface area (Å²) in [6.45, 7) is 22.5. The Morgan fingerprint density at radius 2 is 1.19 bits per heavy atom. The van der Waals surface area contributed by atoms with Gasteiger partial charge in [-0.1, -0.05) is 82.4 Å². The molecular formula is C15H31Cl2NSi2Ti. The normalized spacial score (nSPS) is 17.6. The van der Waals surface area contributed by atoms with Gasteiger partial charge in [-0.05, 0) is 0 Å². The van der Waals surface area contributed by atoms with Gasteiger partial charge in [0.1, 0.15) is 0 Å². The van der Waals surface area contributed by atoms with Crippen LogP contribution < -0.4 is 24.8 Å². The molecule has 1 atom stereocenters. The van der Waals surface area contributed by atoms with E-state index < -0.39 is 16.5 Å². The fraction of sp³-hybridized carbons (Fsp3) is 0.733. The zero-order valence-electron chi connectivity index (χ0n) is 15.3. The summed E-state index contributed by atoms with van der Waals surface area (Å²) >= 11 is 0. The van der Waals surface area contributed by atoms with Gasteiger partial charge < -0.3 is 29.5 Å². The molecule has 0 saturated heterocycles. The van der Waals surface area contributed by atoms with Crippen molar-refractivity contribution >= 4 is 16.5 Å². The van der Waals surface area contributed by atoms with Crippen molar-refractivity contribution in [1.29, 1.82) is 0 Å². The first-order valence-electron chi connectivity index (χ1n) is 6.85. The molecule has 1 rings (SSSR count). The third-order valence-corrected chi connectivity index (χ3v) is 8.27. The molecular weight excluding hydrogens is 369 g/mol. The summed E-state index contributed by atoms with van der Waals surface area (Å²) in [5, 5.41) is 0. The number of nitrogens with zero attached hydrogens (tertiary/aromatic N) is 1. The summed E-state index contributed by atoms with van der Waals surface area (Å²) in [5.74, 6) is 0.560. The third kappa shape index (κ3) is 14.5. The summed E-state index contributed by atoms with van der Waals surface area (Å²) in [5.41, 5.74) is 4.25. The van der Waals surface area contributed by atoms with Crippen LogP contribution in [0.3, 0.4) is 0 Å². The zero-order valence-corrected chi connectivity index (χ0v) is 20.4. The van der Waals surface area contributed by atoms with E-state index in [0.717, 1.165) is 0 Å². The summed E-state index contributed by atoms with van der Waals surface area (Å²) in [7, 11) is -2.21. The maximum Gasteiger partial charge on any atom is 4.00 e. The largest absolute Gasteiger partial charge is 4.00 e. The molecule has 1 aliphatic carbocycles. The Hall–Kier alpha value is 1.17. The van der Waals surface area contributed by atoms with Gasteiger partial charge in [-0.15, -0.1) is 6.92 Å². The maximum absolute atomic E-state index is 4.82. The average molecular weight is 400 g/mol. The zero-order chi connectivity index (χ0) is 14.7. The molecule has 0 N–H and O–H groups in total. The number of halogens is 2. The Balaban J connectivity index is -0.000000120. The van der Waals surface area contributed by atoms with Gasteiger partial charge in [-0.3, -0.25) is 6.08 Å². The minimum atomic E-state index is -1.11. The van der Waals surface area contributed by atoms with Crippen LogP contribution in [-0.2, 0) is 21.7 Å². The van der Waals surface area contributed by atoms with Gasteiger partial charge in [-0.2, -0.15) is 11.1 Å². The molecule has 0 heterocycles. The molecule has 1 unspecified atom stereocenters. The van der Waals surface area contributed by atoms with Gasteiger partial charge in [0.15, 0.2) is 0 Å². The molecule has 0 fully saturated rings. The molecule has 0 bridgehead atoms. The van der Waals surface area contributed by atoms with Gasteiger partial charge in [0, 0.05) is 0 Å². The van der Waals surface area contributed by atoms with Crippen LogP contribution in [0.4, 0.5) is 0 Å². The molecule has 0 aliphatic heterocycles. The van der Waals surface area contributed by atoms with E-state index in [0.29, 0.717) is 5.92 Å². The summed E-state index contributed by atoms with van der Waals surface area (Å²) in [4.78, 5) is 0. The monoisotopic (exact) mass is 399 g/mol. The van der Waals surface area contributed by atoms with Gasteiger partial charge in [-0.25, -0.2) is 5.57 Å². The first-order valence-corrected chi connectivity index (χ1v) is 13.7. The molecule has 1 aliphatic rings. The van der Waals surface area contributed by atoms with Crippen LogP contribution in [0, 0.1) is 12.0 Å². The quantitative estimate of drug-likeness (QED) is 0.449. The van der Waals surface area contributed by atoms with Gasteiger partial charge in [0.05, 0.1) is 0 Å². The average Bonchev–Trinajstić information content (AvgIpc) is 2.28. The van der Waals surface area contributed by atoms with Crippen molar-refractivity contribution in [3.8, 4) is 0 Å². The Labute approximate surface area is 162 Å². The van der Waals surface area contributed by atoms with E-state index in [1.807, 2.05) is 0 Å². The second kappa shape index (κ2) is 11.7. The molecule has 0 amide bonds. The van der Waals surface area contributed by atoms with E-state index in [-0.39, 0.29) is 46.5 Å². The topological polar surface area (TPSA) is 14.1 Å². The predicted octanol–water partition coefficient (Wildman–Crippen LogP) is -0.243. The second-order valence-corrected chi connectivity index (χ2v) is 16.8. The van der Waals surface area contributed by atoms with Crippen molar-refractivity contribution in [3.05, 3.63) is 27.4 Å². The second-order valence-electron chi connectivity index (χ2n) is 7.25. The molecule has 0 spiro atoms. The van der Waals surface area contributed by atoms with Crippen LogP contribution in [0.1, 0.15) is 27.7 Å². The van der Waals surface area contributed by atoms with Crippen LogP contribution in [0.25, 0.3) is 4.65 Å². The molecule has 6 heteroatoms. The number of hydrogen-bond donors (Lipinski definition) is 0. The van der Waals surface area contributed by atoms with Crippen LogP contribution in [0.15, 0.2) is 16.7 Å². The van der Waals surface area contributed by atoms with Crippen molar-refractivity contribution in [2.24, 2.45) is 5.92 Å². The van der Waals surface area contributed by atoms with E-state index in [4.69, 9.17) is 4.65 Å². The van der Waals surface area contributed by atoms with Gasteiger partial charge >= 0.3 is 21.7 Å². The summed E-state index contributed by atoms with van der Waals surface area (Å²) < 4.78 is 4.82. The molecule has 122 valence electrons. The predicted molar refractivity (Wildman–Crippen MR) is 90.0 cm³/mol. The summed E-state index contributed by atoms with van der Waals surface area (Å²) in [6, 6.07) is 0. The molecule has 0 aromatic rings. The van der Waals surface area contributed by atoms with Crippen molar-refractivity contribution in [2.45, 2.75) is 67.0 Å². The molecule has 0 aromatic heterocycles. The van der Waals surface area contributed by atoms with Crippen LogP contribution >= 0.6 is 0 Å². The van der Waals surface area contributed by atoms with Crippen molar-refractivity contribution < 1.29 is 46.5 Å². The number of rotatable bonds is 2. The van der Waals surface area contributed by atoms with Crippen molar-refractivity contribution in [2.75, 3.05) is 0 Å². The fourth-order valence-corrected chi connectivity index (χ4v) is 10.2. The smallest absolute Gasteiger partial charge is 1.00 e. The number of hydrogen-bond acceptors (Lipinski definition) is 0. The van der Waals surface area contributed by atoms with E-state index >= 15 is 0 Å². The number of allylic oxidation sites excluding steroid dienone is 4. The summed E-state index contributed by atoms with van der Waals surface area (Å²) in [6.07, 6.45) is 3.36. The van der Waals surface area contributed by atoms with Crippen LogP contribution in [-0.4, -0.2) is 16.5 Å². The molecule has 0 saturated carbocycles. The Morgan fingerprint density at radius 3 is 1.24 bits per heavy atom. The van der Waals surface area contributed by atoms with Gasteiger partial charge in [0.25, 0.3) is 0 Å². The van der Waals surface area contributed by atoms with Crippen LogP contribution in [0.5, 0.6) is 0 Å². The maximum atomic E-state index is 4.82. The van der Waals surface area contributed by atoms with Gasteiger partial charge in [0.2, 0.25) is 0 Å². The Morgan fingerprint density at radius 1 is 0.857 bits per heavy atom. The van der Waals surface area contributed by atoms with Crippen LogP contribution in [0.2, 0.25) is 39.3 Å². The minimum Gasteiger partial charge on any atom is -1.00 e. The van der Waals surface area contributed by atoms with E-state index in [1.165, 1.54) is 16.7 Å². The van der Waals surface area contributed by atoms with Crippen molar-refractivity contribution in [3.63, 3.8) is 0 Å². The fourth-order valence-electron chi connectivity index (χ4n) is 2.17. The molecule has 21 heavy (non-hydrogen) atoms. The SMILES string of the molecule is CC1=[C-]C(C)C(C)=C1C.C[Si](C)(C)[N-][Si](C)(C)C.[Cl-].[Cl-].[Ti+4]. The minimum absolute atomic E-state index is 0. The molecule has 1 nitrogen and oxygen atoms in total. The standard InChI is InChI=1S/C9H13.C6H18NSi2.2ClH.Ti/c1-6-5-7(2)9(4)8(6)3;1-8(2,3)7-9(4,5)6;;;/h6H,1-4H3;1-6H3;2*1H;/q2*-1;;;+4/p-2. The first kappa shape index (κ1) is 30.1. The molecule has 0 aromatic carbocycles. The van der Waals surface area contributed by atoms with E-state index in [2.05, 4.69) is 73.1 Å². The Kier molecular flexibility index (Phi) is 16.7. The third-order valence-electron chi connectivity index (χ3n) is 2.91. The van der Waals surface area contributed by atoms with E-state index in [1.54, 1.807) is 0 Å². The molecule has 0 radical (unpaired) electrons. The van der Waals surface area contributed by atoms with Crippen molar-refractivity contribution in [1.82, 2.24) is 0 Å². The van der Waals surface area contributed by atoms with E-state index in [9.17, 15) is 0 Å². The first-order chi connectivity index (χ1) is 7.83. The Bertz CT molecular complexity index is 344.